The molecule has 5 rings (SSSR count). The molecule has 2 aromatic heterocycles. The fourth-order valence-electron chi connectivity index (χ4n) is 4.78. The molecule has 0 radical (unpaired) electrons. The first-order valence-corrected chi connectivity index (χ1v) is 16.1. The highest BCUT2D eigenvalue weighted by Gasteiger charge is 2.21. The molecule has 0 spiro atoms. The fraction of sp³-hybridized carbons (Fsp3) is 0.345. The first kappa shape index (κ1) is 27.1. The van der Waals surface area contributed by atoms with Crippen LogP contribution in [0.15, 0.2) is 71.6 Å². The Balaban J connectivity index is 1.44. The van der Waals surface area contributed by atoms with E-state index in [-0.39, 0.29) is 0 Å². The number of benzene rings is 2. The highest BCUT2D eigenvalue weighted by Crippen LogP contribution is 2.37. The van der Waals surface area contributed by atoms with Crippen LogP contribution < -0.4 is 0 Å². The van der Waals surface area contributed by atoms with E-state index in [1.807, 2.05) is 41.1 Å². The molecule has 0 amide bonds. The summed E-state index contributed by atoms with van der Waals surface area (Å²) >= 11 is 8.23. The molecule has 3 heterocycles. The van der Waals surface area contributed by atoms with Gasteiger partial charge in [-0.15, -0.1) is 11.3 Å². The second kappa shape index (κ2) is 11.7. The smallest absolute Gasteiger partial charge is 0.175 e. The van der Waals surface area contributed by atoms with E-state index in [4.69, 9.17) is 16.7 Å². The van der Waals surface area contributed by atoms with Crippen molar-refractivity contribution < 1.29 is 8.42 Å². The average molecular weight is 569 g/mol. The topological polar surface area (TPSA) is 58.4 Å². The number of hydrogen-bond acceptors (Lipinski definition) is 6. The van der Waals surface area contributed by atoms with Gasteiger partial charge in [0, 0.05) is 43.9 Å². The minimum Gasteiger partial charge on any atom is -0.301 e. The van der Waals surface area contributed by atoms with Crippen molar-refractivity contribution in [2.75, 3.05) is 39.0 Å². The molecule has 1 saturated heterocycles. The number of piperazine rings is 1. The van der Waals surface area contributed by atoms with E-state index in [1.54, 1.807) is 29.5 Å². The summed E-state index contributed by atoms with van der Waals surface area (Å²) in [7, 11) is -3.28. The molecule has 0 unspecified atom stereocenters. The van der Waals surface area contributed by atoms with Gasteiger partial charge in [-0.1, -0.05) is 49.2 Å². The molecule has 1 aliphatic rings. The number of unbranched alkanes of at least 4 members (excludes halogenated alkanes) is 1. The summed E-state index contributed by atoms with van der Waals surface area (Å²) < 4.78 is 26.1. The highest BCUT2D eigenvalue weighted by atomic mass is 35.5. The molecule has 0 atom stereocenters. The zero-order valence-corrected chi connectivity index (χ0v) is 24.2. The van der Waals surface area contributed by atoms with Gasteiger partial charge in [0.15, 0.2) is 9.84 Å². The average Bonchev–Trinajstić information content (AvgIpc) is 3.56. The minimum atomic E-state index is -3.28. The molecule has 200 valence electrons. The highest BCUT2D eigenvalue weighted by molar-refractivity contribution is 7.90. The van der Waals surface area contributed by atoms with E-state index in [0.717, 1.165) is 65.1 Å². The molecule has 0 saturated carbocycles. The van der Waals surface area contributed by atoms with Crippen LogP contribution in [0.25, 0.3) is 26.7 Å². The largest absolute Gasteiger partial charge is 0.301 e. The van der Waals surface area contributed by atoms with Crippen molar-refractivity contribution in [3.63, 3.8) is 0 Å². The SMILES string of the molecule is CCCCN1CCN(Cc2cc(-c3ccc(-c4cccc(S(C)(=O)=O)c4)s3)n(-c3ccccc3Cl)n2)CC1. The number of thiophene rings is 1. The van der Waals surface area contributed by atoms with Crippen LogP contribution in [-0.4, -0.2) is 67.0 Å². The number of sulfone groups is 1. The zero-order valence-electron chi connectivity index (χ0n) is 21.8. The summed E-state index contributed by atoms with van der Waals surface area (Å²) in [4.78, 5) is 7.40. The summed E-state index contributed by atoms with van der Waals surface area (Å²) in [5.41, 5.74) is 3.71. The van der Waals surface area contributed by atoms with Crippen molar-refractivity contribution in [2.45, 2.75) is 31.2 Å². The van der Waals surface area contributed by atoms with Crippen molar-refractivity contribution in [3.05, 3.63) is 77.4 Å². The third-order valence-electron chi connectivity index (χ3n) is 6.92. The Bertz CT molecular complexity index is 1500. The van der Waals surface area contributed by atoms with E-state index < -0.39 is 9.84 Å². The van der Waals surface area contributed by atoms with Crippen molar-refractivity contribution in [1.29, 1.82) is 0 Å². The lowest BCUT2D eigenvalue weighted by Crippen LogP contribution is -2.46. The lowest BCUT2D eigenvalue weighted by atomic mass is 10.2. The summed E-state index contributed by atoms with van der Waals surface area (Å²) in [5.74, 6) is 0. The van der Waals surface area contributed by atoms with Crippen molar-refractivity contribution in [1.82, 2.24) is 19.6 Å². The Hall–Kier alpha value is -2.49. The van der Waals surface area contributed by atoms with Crippen molar-refractivity contribution in [2.24, 2.45) is 0 Å². The fourth-order valence-corrected chi connectivity index (χ4v) is 6.67. The lowest BCUT2D eigenvalue weighted by Gasteiger charge is -2.34. The molecule has 38 heavy (non-hydrogen) atoms. The quantitative estimate of drug-likeness (QED) is 0.239. The molecule has 1 fully saturated rings. The molecule has 1 aliphatic heterocycles. The van der Waals surface area contributed by atoms with Gasteiger partial charge in [-0.2, -0.15) is 5.10 Å². The van der Waals surface area contributed by atoms with Crippen LogP contribution >= 0.6 is 22.9 Å². The molecular weight excluding hydrogens is 536 g/mol. The number of para-hydroxylation sites is 1. The maximum atomic E-state index is 12.1. The number of halogens is 1. The van der Waals surface area contributed by atoms with Crippen molar-refractivity contribution in [3.8, 4) is 26.7 Å². The van der Waals surface area contributed by atoms with Crippen LogP contribution in [0, 0.1) is 0 Å². The molecular formula is C29H33ClN4O2S2. The first-order valence-electron chi connectivity index (χ1n) is 13.0. The molecule has 9 heteroatoms. The van der Waals surface area contributed by atoms with E-state index in [0.29, 0.717) is 9.92 Å². The Morgan fingerprint density at radius 2 is 1.66 bits per heavy atom. The van der Waals surface area contributed by atoms with Gasteiger partial charge < -0.3 is 4.90 Å². The van der Waals surface area contributed by atoms with Gasteiger partial charge in [0.1, 0.15) is 0 Å². The molecule has 6 nitrogen and oxygen atoms in total. The zero-order chi connectivity index (χ0) is 26.7. The van der Waals surface area contributed by atoms with Gasteiger partial charge in [-0.3, -0.25) is 4.90 Å². The van der Waals surface area contributed by atoms with E-state index in [2.05, 4.69) is 28.9 Å². The number of nitrogens with zero attached hydrogens (tertiary/aromatic N) is 4. The van der Waals surface area contributed by atoms with Gasteiger partial charge in [0.25, 0.3) is 0 Å². The van der Waals surface area contributed by atoms with Crippen LogP contribution in [0.1, 0.15) is 25.5 Å². The van der Waals surface area contributed by atoms with E-state index in [9.17, 15) is 8.42 Å². The third kappa shape index (κ3) is 6.21. The lowest BCUT2D eigenvalue weighted by molar-refractivity contribution is 0.125. The van der Waals surface area contributed by atoms with Gasteiger partial charge in [0.2, 0.25) is 0 Å². The molecule has 0 bridgehead atoms. The standard InChI is InChI=1S/C29H33ClN4O2S2/c1-3-4-14-32-15-17-33(18-16-32)21-23-20-27(34(31-23)26-11-6-5-10-25(26)30)29-13-12-28(37-29)22-8-7-9-24(19-22)38(2,35)36/h5-13,19-20H,3-4,14-18,21H2,1-2H3. The van der Waals surface area contributed by atoms with Gasteiger partial charge in [0.05, 0.1) is 31.9 Å². The Labute approximate surface area is 234 Å². The summed E-state index contributed by atoms with van der Waals surface area (Å²) in [6.07, 6.45) is 3.73. The summed E-state index contributed by atoms with van der Waals surface area (Å²) in [6.45, 7) is 8.49. The van der Waals surface area contributed by atoms with E-state index in [1.165, 1.54) is 25.6 Å². The van der Waals surface area contributed by atoms with Crippen LogP contribution in [0.5, 0.6) is 0 Å². The third-order valence-corrected chi connectivity index (χ3v) is 9.51. The monoisotopic (exact) mass is 568 g/mol. The predicted octanol–water partition coefficient (Wildman–Crippen LogP) is 6.24. The molecule has 0 aliphatic carbocycles. The molecule has 4 aromatic rings. The maximum Gasteiger partial charge on any atom is 0.175 e. The first-order chi connectivity index (χ1) is 18.3. The second-order valence-corrected chi connectivity index (χ2v) is 13.3. The van der Waals surface area contributed by atoms with Crippen molar-refractivity contribution >= 4 is 32.8 Å². The predicted molar refractivity (Wildman–Crippen MR) is 157 cm³/mol. The number of hydrogen-bond donors (Lipinski definition) is 0. The maximum absolute atomic E-state index is 12.1. The molecule has 2 aromatic carbocycles. The second-order valence-electron chi connectivity index (χ2n) is 9.82. The van der Waals surface area contributed by atoms with Crippen LogP contribution in [0.3, 0.4) is 0 Å². The Morgan fingerprint density at radius 3 is 2.39 bits per heavy atom. The van der Waals surface area contributed by atoms with Crippen LogP contribution in [0.2, 0.25) is 5.02 Å². The van der Waals surface area contributed by atoms with E-state index >= 15 is 0 Å². The van der Waals surface area contributed by atoms with Crippen LogP contribution in [0.4, 0.5) is 0 Å². The Morgan fingerprint density at radius 1 is 0.921 bits per heavy atom. The number of rotatable bonds is 9. The number of aromatic nitrogens is 2. The minimum absolute atomic E-state index is 0.322. The van der Waals surface area contributed by atoms with Gasteiger partial charge in [-0.05, 0) is 61.0 Å². The summed E-state index contributed by atoms with van der Waals surface area (Å²) in [6, 6.07) is 21.2. The normalized spacial score (nSPS) is 15.2. The Kier molecular flexibility index (Phi) is 8.35. The van der Waals surface area contributed by atoms with Crippen LogP contribution in [-0.2, 0) is 16.4 Å². The van der Waals surface area contributed by atoms with Gasteiger partial charge >= 0.3 is 0 Å². The molecule has 0 N–H and O–H groups in total. The summed E-state index contributed by atoms with van der Waals surface area (Å²) in [5, 5.41) is 5.66. The van der Waals surface area contributed by atoms with Gasteiger partial charge in [-0.25, -0.2) is 13.1 Å².